The molecule has 4 nitrogen and oxygen atoms in total. The van der Waals surface area contributed by atoms with Crippen LogP contribution in [-0.4, -0.2) is 35.0 Å². The molecule has 0 saturated carbocycles. The molecule has 0 atom stereocenters. The number of aliphatic hydroxyl groups excluding tert-OH is 1. The molecule has 1 aliphatic rings. The molecule has 0 bridgehead atoms. The minimum atomic E-state index is -0.128. The summed E-state index contributed by atoms with van der Waals surface area (Å²) in [6, 6.07) is 7.12. The standard InChI is InChI=1S/C26H41NO3/c28-22-18-14-12-10-8-6-4-2-1-3-5-7-9-11-13-17-21-27-25(29)23-19-15-16-20-24(23)26(27)30/h15-16,19-20,28H,1-14,17-18,21-22H2. The monoisotopic (exact) mass is 415 g/mol. The molecule has 30 heavy (non-hydrogen) atoms. The van der Waals surface area contributed by atoms with Crippen molar-refractivity contribution in [3.63, 3.8) is 0 Å². The highest BCUT2D eigenvalue weighted by Gasteiger charge is 2.34. The third-order valence-electron chi connectivity index (χ3n) is 6.17. The van der Waals surface area contributed by atoms with Crippen LogP contribution in [0.1, 0.15) is 123 Å². The number of rotatable bonds is 18. The molecule has 4 heteroatoms. The Balaban J connectivity index is 1.35. The SMILES string of the molecule is O=C1c2ccccc2C(=O)N1CCCCCCCCCCCCCCCCCCO. The van der Waals surface area contributed by atoms with Crippen molar-refractivity contribution in [3.8, 4) is 0 Å². The van der Waals surface area contributed by atoms with E-state index in [1.54, 1.807) is 12.1 Å². The highest BCUT2D eigenvalue weighted by atomic mass is 16.3. The highest BCUT2D eigenvalue weighted by molar-refractivity contribution is 6.21. The Kier molecular flexibility index (Phi) is 12.4. The van der Waals surface area contributed by atoms with E-state index in [0.717, 1.165) is 19.3 Å². The van der Waals surface area contributed by atoms with Crippen LogP contribution in [0.25, 0.3) is 0 Å². The van der Waals surface area contributed by atoms with Crippen molar-refractivity contribution < 1.29 is 14.7 Å². The summed E-state index contributed by atoms with van der Waals surface area (Å²) >= 11 is 0. The first-order chi connectivity index (χ1) is 14.8. The Bertz CT molecular complexity index is 593. The van der Waals surface area contributed by atoms with Crippen LogP contribution in [-0.2, 0) is 0 Å². The summed E-state index contributed by atoms with van der Waals surface area (Å²) < 4.78 is 0. The summed E-state index contributed by atoms with van der Waals surface area (Å²) in [5.41, 5.74) is 1.11. The molecule has 2 rings (SSSR count). The second-order valence-electron chi connectivity index (χ2n) is 8.69. The van der Waals surface area contributed by atoms with Crippen LogP contribution in [0.3, 0.4) is 0 Å². The molecule has 1 heterocycles. The number of imide groups is 1. The van der Waals surface area contributed by atoms with Gasteiger partial charge in [-0.1, -0.05) is 102 Å². The molecule has 0 aliphatic carbocycles. The lowest BCUT2D eigenvalue weighted by molar-refractivity contribution is 0.0651. The van der Waals surface area contributed by atoms with Gasteiger partial charge in [0, 0.05) is 13.2 Å². The van der Waals surface area contributed by atoms with Crippen molar-refractivity contribution in [2.45, 2.75) is 103 Å². The second kappa shape index (κ2) is 15.2. The van der Waals surface area contributed by atoms with Gasteiger partial charge in [0.05, 0.1) is 11.1 Å². The van der Waals surface area contributed by atoms with Gasteiger partial charge in [-0.25, -0.2) is 0 Å². The number of nitrogens with zero attached hydrogens (tertiary/aromatic N) is 1. The summed E-state index contributed by atoms with van der Waals surface area (Å²) in [6.45, 7) is 0.893. The van der Waals surface area contributed by atoms with Gasteiger partial charge in [0.2, 0.25) is 0 Å². The maximum atomic E-state index is 12.3. The molecule has 1 aromatic carbocycles. The Labute approximate surface area is 183 Å². The zero-order chi connectivity index (χ0) is 21.4. The van der Waals surface area contributed by atoms with Gasteiger partial charge in [0.25, 0.3) is 11.8 Å². The molecular formula is C26H41NO3. The fourth-order valence-corrected chi connectivity index (χ4v) is 4.30. The summed E-state index contributed by atoms with van der Waals surface area (Å²) in [4.78, 5) is 26.0. The van der Waals surface area contributed by atoms with Gasteiger partial charge < -0.3 is 5.11 Å². The van der Waals surface area contributed by atoms with Crippen LogP contribution >= 0.6 is 0 Å². The molecule has 2 amide bonds. The van der Waals surface area contributed by atoms with Crippen LogP contribution in [0.4, 0.5) is 0 Å². The van der Waals surface area contributed by atoms with Crippen LogP contribution in [0, 0.1) is 0 Å². The van der Waals surface area contributed by atoms with E-state index >= 15 is 0 Å². The quantitative estimate of drug-likeness (QED) is 0.219. The number of amides is 2. The van der Waals surface area contributed by atoms with E-state index in [9.17, 15) is 9.59 Å². The van der Waals surface area contributed by atoms with E-state index in [4.69, 9.17) is 5.11 Å². The summed E-state index contributed by atoms with van der Waals surface area (Å²) in [6.07, 6.45) is 20.0. The van der Waals surface area contributed by atoms with Gasteiger partial charge in [0.15, 0.2) is 0 Å². The summed E-state index contributed by atoms with van der Waals surface area (Å²) in [7, 11) is 0. The van der Waals surface area contributed by atoms with Crippen LogP contribution < -0.4 is 0 Å². The fourth-order valence-electron chi connectivity index (χ4n) is 4.30. The van der Waals surface area contributed by atoms with Crippen LogP contribution in [0.5, 0.6) is 0 Å². The Morgan fingerprint density at radius 2 is 0.867 bits per heavy atom. The van der Waals surface area contributed by atoms with Crippen molar-refractivity contribution in [1.29, 1.82) is 0 Å². The maximum absolute atomic E-state index is 12.3. The Morgan fingerprint density at radius 3 is 1.23 bits per heavy atom. The van der Waals surface area contributed by atoms with Crippen molar-refractivity contribution in [1.82, 2.24) is 4.90 Å². The predicted molar refractivity (Wildman–Crippen MR) is 123 cm³/mol. The van der Waals surface area contributed by atoms with Gasteiger partial charge in [-0.15, -0.1) is 0 Å². The van der Waals surface area contributed by atoms with Crippen molar-refractivity contribution in [3.05, 3.63) is 35.4 Å². The van der Waals surface area contributed by atoms with Gasteiger partial charge in [-0.05, 0) is 25.0 Å². The minimum absolute atomic E-state index is 0.128. The zero-order valence-electron chi connectivity index (χ0n) is 18.7. The highest BCUT2D eigenvalue weighted by Crippen LogP contribution is 2.23. The number of fused-ring (bicyclic) bond motifs is 1. The third kappa shape index (κ3) is 8.59. The van der Waals surface area contributed by atoms with Gasteiger partial charge >= 0.3 is 0 Å². The van der Waals surface area contributed by atoms with Crippen molar-refractivity contribution >= 4 is 11.8 Å². The second-order valence-corrected chi connectivity index (χ2v) is 8.69. The van der Waals surface area contributed by atoms with Crippen molar-refractivity contribution in [2.75, 3.05) is 13.2 Å². The Hall–Kier alpha value is -1.68. The lowest BCUT2D eigenvalue weighted by Crippen LogP contribution is -2.30. The van der Waals surface area contributed by atoms with E-state index < -0.39 is 0 Å². The molecule has 0 unspecified atom stereocenters. The molecule has 0 aromatic heterocycles. The average molecular weight is 416 g/mol. The fraction of sp³-hybridized carbons (Fsp3) is 0.692. The van der Waals surface area contributed by atoms with E-state index in [1.807, 2.05) is 12.1 Å². The number of carbonyl (C=O) groups excluding carboxylic acids is 2. The largest absolute Gasteiger partial charge is 0.396 e. The smallest absolute Gasteiger partial charge is 0.261 e. The minimum Gasteiger partial charge on any atom is -0.396 e. The van der Waals surface area contributed by atoms with Crippen LogP contribution in [0.15, 0.2) is 24.3 Å². The number of aliphatic hydroxyl groups is 1. The topological polar surface area (TPSA) is 57.6 Å². The number of carbonyl (C=O) groups is 2. The summed E-state index contributed by atoms with van der Waals surface area (Å²) in [5, 5.41) is 8.74. The molecule has 0 radical (unpaired) electrons. The van der Waals surface area contributed by atoms with Crippen LogP contribution in [0.2, 0.25) is 0 Å². The molecule has 1 aliphatic heterocycles. The normalized spacial score (nSPS) is 13.3. The van der Waals surface area contributed by atoms with E-state index in [1.165, 1.54) is 88.4 Å². The molecule has 1 N–H and O–H groups in total. The molecule has 168 valence electrons. The lowest BCUT2D eigenvalue weighted by Gasteiger charge is -2.13. The number of benzene rings is 1. The third-order valence-corrected chi connectivity index (χ3v) is 6.17. The van der Waals surface area contributed by atoms with E-state index in [0.29, 0.717) is 24.3 Å². The molecule has 0 spiro atoms. The maximum Gasteiger partial charge on any atom is 0.261 e. The Morgan fingerprint density at radius 1 is 0.533 bits per heavy atom. The van der Waals surface area contributed by atoms with Gasteiger partial charge in [-0.2, -0.15) is 0 Å². The van der Waals surface area contributed by atoms with E-state index in [-0.39, 0.29) is 11.8 Å². The molecular weight excluding hydrogens is 374 g/mol. The van der Waals surface area contributed by atoms with E-state index in [2.05, 4.69) is 0 Å². The van der Waals surface area contributed by atoms with Gasteiger partial charge in [-0.3, -0.25) is 14.5 Å². The first kappa shape index (κ1) is 24.6. The molecule has 0 saturated heterocycles. The zero-order valence-corrected chi connectivity index (χ0v) is 18.7. The first-order valence-electron chi connectivity index (χ1n) is 12.3. The molecule has 1 aromatic rings. The predicted octanol–water partition coefficient (Wildman–Crippen LogP) is 6.52. The molecule has 0 fully saturated rings. The lowest BCUT2D eigenvalue weighted by atomic mass is 10.0. The number of hydrogen-bond acceptors (Lipinski definition) is 3. The summed E-state index contributed by atoms with van der Waals surface area (Å²) in [5.74, 6) is -0.255. The number of unbranched alkanes of at least 4 members (excludes halogenated alkanes) is 15. The first-order valence-corrected chi connectivity index (χ1v) is 12.3. The van der Waals surface area contributed by atoms with Crippen molar-refractivity contribution in [2.24, 2.45) is 0 Å². The number of hydrogen-bond donors (Lipinski definition) is 1. The average Bonchev–Trinajstić information content (AvgIpc) is 3.01. The van der Waals surface area contributed by atoms with Gasteiger partial charge in [0.1, 0.15) is 0 Å².